The van der Waals surface area contributed by atoms with Crippen LogP contribution in [0.1, 0.15) is 58.3 Å². The molecule has 0 rings (SSSR count). The molecule has 0 bridgehead atoms. The predicted molar refractivity (Wildman–Crippen MR) is 82.3 cm³/mol. The van der Waals surface area contributed by atoms with Gasteiger partial charge in [-0.2, -0.15) is 0 Å². The van der Waals surface area contributed by atoms with Crippen LogP contribution in [0.25, 0.3) is 0 Å². The molecule has 0 fully saturated rings. The second-order valence-electron chi connectivity index (χ2n) is 4.38. The lowest BCUT2D eigenvalue weighted by Crippen LogP contribution is -1.99. The van der Waals surface area contributed by atoms with E-state index in [-0.39, 0.29) is 0 Å². The summed E-state index contributed by atoms with van der Waals surface area (Å²) in [6.07, 6.45) is 14.9. The summed E-state index contributed by atoms with van der Waals surface area (Å²) < 4.78 is 10.4. The Balaban J connectivity index is 3.00. The van der Waals surface area contributed by atoms with Gasteiger partial charge in [-0.15, -0.1) is 0 Å². The Hall–Kier alpha value is 0.140. The van der Waals surface area contributed by atoms with Gasteiger partial charge in [0.2, 0.25) is 0 Å². The molecule has 0 aromatic carbocycles. The van der Waals surface area contributed by atoms with Crippen molar-refractivity contribution in [1.29, 1.82) is 0 Å². The van der Waals surface area contributed by atoms with E-state index < -0.39 is 0 Å². The van der Waals surface area contributed by atoms with Crippen LogP contribution >= 0.6 is 15.9 Å². The fraction of sp³-hybridized carbons (Fsp3) is 0.867. The van der Waals surface area contributed by atoms with Gasteiger partial charge >= 0.3 is 0 Å². The molecule has 0 aromatic rings. The molecule has 0 N–H and O–H groups in total. The Morgan fingerprint density at radius 1 is 0.833 bits per heavy atom. The van der Waals surface area contributed by atoms with E-state index in [0.717, 1.165) is 25.0 Å². The first-order valence-electron chi connectivity index (χ1n) is 7.28. The average Bonchev–Trinajstić information content (AvgIpc) is 2.39. The number of rotatable bonds is 14. The van der Waals surface area contributed by atoms with E-state index in [0.29, 0.717) is 6.79 Å². The third-order valence-corrected chi connectivity index (χ3v) is 3.28. The molecule has 0 aliphatic rings. The molecule has 0 heterocycles. The molecule has 3 heteroatoms. The first kappa shape index (κ1) is 18.1. The van der Waals surface area contributed by atoms with E-state index in [9.17, 15) is 0 Å². The lowest BCUT2D eigenvalue weighted by Gasteiger charge is -2.01. The van der Waals surface area contributed by atoms with Crippen molar-refractivity contribution in [3.8, 4) is 0 Å². The molecule has 0 aliphatic heterocycles. The molecule has 0 aliphatic carbocycles. The van der Waals surface area contributed by atoms with Gasteiger partial charge in [0.15, 0.2) is 0 Å². The second kappa shape index (κ2) is 17.1. The molecule has 0 aromatic heterocycles. The first-order valence-corrected chi connectivity index (χ1v) is 8.40. The van der Waals surface area contributed by atoms with Crippen LogP contribution in [0.2, 0.25) is 0 Å². The molecular formula is C15H29BrO2. The van der Waals surface area contributed by atoms with Gasteiger partial charge in [0.25, 0.3) is 0 Å². The van der Waals surface area contributed by atoms with Crippen LogP contribution in [0.3, 0.4) is 0 Å². The van der Waals surface area contributed by atoms with Crippen molar-refractivity contribution < 1.29 is 9.47 Å². The molecule has 0 saturated heterocycles. The van der Waals surface area contributed by atoms with E-state index in [1.807, 2.05) is 6.92 Å². The van der Waals surface area contributed by atoms with E-state index in [1.54, 1.807) is 0 Å². The van der Waals surface area contributed by atoms with Crippen LogP contribution in [0.15, 0.2) is 12.2 Å². The Kier molecular flexibility index (Phi) is 17.3. The zero-order chi connectivity index (χ0) is 13.3. The highest BCUT2D eigenvalue weighted by Crippen LogP contribution is 2.08. The summed E-state index contributed by atoms with van der Waals surface area (Å²) in [4.78, 5) is 0. The van der Waals surface area contributed by atoms with Crippen LogP contribution in [0.4, 0.5) is 0 Å². The van der Waals surface area contributed by atoms with Gasteiger partial charge in [0, 0.05) is 11.9 Å². The monoisotopic (exact) mass is 320 g/mol. The highest BCUT2D eigenvalue weighted by atomic mass is 79.9. The predicted octanol–water partition coefficient (Wildman–Crippen LogP) is 5.07. The lowest BCUT2D eigenvalue weighted by molar-refractivity contribution is -0.0476. The van der Waals surface area contributed by atoms with Crippen molar-refractivity contribution in [2.45, 2.75) is 58.3 Å². The summed E-state index contributed by atoms with van der Waals surface area (Å²) in [6, 6.07) is 0. The molecule has 0 radical (unpaired) electrons. The molecule has 0 amide bonds. The summed E-state index contributed by atoms with van der Waals surface area (Å²) >= 11 is 3.46. The topological polar surface area (TPSA) is 18.5 Å². The van der Waals surface area contributed by atoms with E-state index in [2.05, 4.69) is 28.1 Å². The van der Waals surface area contributed by atoms with Crippen LogP contribution < -0.4 is 0 Å². The Bertz CT molecular complexity index is 172. The zero-order valence-corrected chi connectivity index (χ0v) is 13.4. The van der Waals surface area contributed by atoms with Gasteiger partial charge in [-0.25, -0.2) is 0 Å². The van der Waals surface area contributed by atoms with Gasteiger partial charge in [-0.05, 0) is 32.6 Å². The van der Waals surface area contributed by atoms with Gasteiger partial charge in [0.05, 0.1) is 6.61 Å². The summed E-state index contributed by atoms with van der Waals surface area (Å²) in [5.74, 6) is 0. The Morgan fingerprint density at radius 3 is 2.22 bits per heavy atom. The molecule has 108 valence electrons. The maximum absolute atomic E-state index is 5.28. The highest BCUT2D eigenvalue weighted by Gasteiger charge is 1.89. The number of unbranched alkanes of at least 4 members (excludes halogenated alkanes) is 6. The summed E-state index contributed by atoms with van der Waals surface area (Å²) in [6.45, 7) is 3.90. The van der Waals surface area contributed by atoms with Crippen molar-refractivity contribution in [1.82, 2.24) is 0 Å². The third-order valence-electron chi connectivity index (χ3n) is 2.72. The molecule has 2 nitrogen and oxygen atoms in total. The molecule has 0 unspecified atom stereocenters. The van der Waals surface area contributed by atoms with Crippen molar-refractivity contribution >= 4 is 15.9 Å². The summed E-state index contributed by atoms with van der Waals surface area (Å²) in [5.41, 5.74) is 0. The highest BCUT2D eigenvalue weighted by molar-refractivity contribution is 9.09. The molecule has 0 atom stereocenters. The van der Waals surface area contributed by atoms with Crippen LogP contribution in [-0.4, -0.2) is 25.3 Å². The van der Waals surface area contributed by atoms with Gasteiger partial charge < -0.3 is 9.47 Å². The van der Waals surface area contributed by atoms with E-state index >= 15 is 0 Å². The number of hydrogen-bond acceptors (Lipinski definition) is 2. The quantitative estimate of drug-likeness (QED) is 0.192. The lowest BCUT2D eigenvalue weighted by atomic mass is 10.1. The molecule has 18 heavy (non-hydrogen) atoms. The van der Waals surface area contributed by atoms with E-state index in [4.69, 9.17) is 9.47 Å². The molecule has 0 saturated carbocycles. The van der Waals surface area contributed by atoms with Crippen molar-refractivity contribution in [3.05, 3.63) is 12.2 Å². The number of hydrogen-bond donors (Lipinski definition) is 0. The van der Waals surface area contributed by atoms with Crippen LogP contribution in [0.5, 0.6) is 0 Å². The van der Waals surface area contributed by atoms with Gasteiger partial charge in [-0.1, -0.05) is 53.8 Å². The normalized spacial score (nSPS) is 11.4. The SMILES string of the molecule is CCOCOCCC=CCCCCCCCCBr. The minimum Gasteiger partial charge on any atom is -0.356 e. The standard InChI is InChI=1S/C15H29BrO2/c1-2-17-15-18-14-12-10-8-6-4-3-5-7-9-11-13-16/h8,10H,2-7,9,11-15H2,1H3. The number of halogens is 1. The summed E-state index contributed by atoms with van der Waals surface area (Å²) in [5, 5.41) is 1.15. The number of ether oxygens (including phenoxy) is 2. The number of alkyl halides is 1. The molecule has 0 spiro atoms. The van der Waals surface area contributed by atoms with Crippen LogP contribution in [0, 0.1) is 0 Å². The first-order chi connectivity index (χ1) is 8.91. The Morgan fingerprint density at radius 2 is 1.50 bits per heavy atom. The van der Waals surface area contributed by atoms with Gasteiger partial charge in [0.1, 0.15) is 6.79 Å². The fourth-order valence-corrected chi connectivity index (χ4v) is 2.05. The van der Waals surface area contributed by atoms with Crippen LogP contribution in [-0.2, 0) is 9.47 Å². The molecular weight excluding hydrogens is 292 g/mol. The second-order valence-corrected chi connectivity index (χ2v) is 5.17. The van der Waals surface area contributed by atoms with Gasteiger partial charge in [-0.3, -0.25) is 0 Å². The van der Waals surface area contributed by atoms with Crippen molar-refractivity contribution in [2.75, 3.05) is 25.3 Å². The largest absolute Gasteiger partial charge is 0.356 e. The zero-order valence-electron chi connectivity index (χ0n) is 11.8. The average molecular weight is 321 g/mol. The maximum Gasteiger partial charge on any atom is 0.146 e. The number of allylic oxidation sites excluding steroid dienone is 1. The van der Waals surface area contributed by atoms with Crippen molar-refractivity contribution in [3.63, 3.8) is 0 Å². The fourth-order valence-electron chi connectivity index (χ4n) is 1.65. The third kappa shape index (κ3) is 16.1. The minimum atomic E-state index is 0.429. The Labute approximate surface area is 121 Å². The van der Waals surface area contributed by atoms with E-state index in [1.165, 1.54) is 44.9 Å². The summed E-state index contributed by atoms with van der Waals surface area (Å²) in [7, 11) is 0. The minimum absolute atomic E-state index is 0.429. The van der Waals surface area contributed by atoms with Crippen molar-refractivity contribution in [2.24, 2.45) is 0 Å². The smallest absolute Gasteiger partial charge is 0.146 e. The maximum atomic E-state index is 5.28.